The fraction of sp³-hybridized carbons (Fsp3) is 0.154. The van der Waals surface area contributed by atoms with Crippen LogP contribution in [0.1, 0.15) is 11.3 Å². The van der Waals surface area contributed by atoms with Gasteiger partial charge in [-0.1, -0.05) is 0 Å². The average Bonchev–Trinajstić information content (AvgIpc) is 2.80. The van der Waals surface area contributed by atoms with Gasteiger partial charge in [-0.15, -0.1) is 0 Å². The summed E-state index contributed by atoms with van der Waals surface area (Å²) in [5, 5.41) is 8.61. The molecule has 0 N–H and O–H groups in total. The smallest absolute Gasteiger partial charge is 0.150 e. The van der Waals surface area contributed by atoms with Crippen LogP contribution in [0.15, 0.2) is 34.9 Å². The Morgan fingerprint density at radius 1 is 1.33 bits per heavy atom. The summed E-state index contributed by atoms with van der Waals surface area (Å²) in [4.78, 5) is 1.39. The van der Waals surface area contributed by atoms with Gasteiger partial charge in [-0.3, -0.25) is 0 Å². The standard InChI is InChI=1S/C13H10F2N2O/c1-17(8-10-3-2-4-18-10)13-11(14)5-9(7-16)6-12(13)15/h2-6H,8H2,1H3. The second kappa shape index (κ2) is 4.88. The summed E-state index contributed by atoms with van der Waals surface area (Å²) in [5.41, 5.74) is -0.217. The van der Waals surface area contributed by atoms with Crippen molar-refractivity contribution < 1.29 is 13.2 Å². The molecule has 0 amide bonds. The summed E-state index contributed by atoms with van der Waals surface area (Å²) in [7, 11) is 1.55. The summed E-state index contributed by atoms with van der Waals surface area (Å²) in [6.45, 7) is 0.243. The summed E-state index contributed by atoms with van der Waals surface area (Å²) in [6, 6.07) is 7.15. The summed E-state index contributed by atoms with van der Waals surface area (Å²) >= 11 is 0. The van der Waals surface area contributed by atoms with Crippen LogP contribution in [0.25, 0.3) is 0 Å². The highest BCUT2D eigenvalue weighted by molar-refractivity contribution is 5.52. The van der Waals surface area contributed by atoms with Crippen molar-refractivity contribution in [1.82, 2.24) is 0 Å². The van der Waals surface area contributed by atoms with E-state index in [-0.39, 0.29) is 17.8 Å². The van der Waals surface area contributed by atoms with Crippen LogP contribution in [0.3, 0.4) is 0 Å². The van der Waals surface area contributed by atoms with E-state index >= 15 is 0 Å². The first-order valence-electron chi connectivity index (χ1n) is 5.24. The molecule has 0 fully saturated rings. The molecule has 0 unspecified atom stereocenters. The molecule has 0 aliphatic heterocycles. The molecule has 0 spiro atoms. The van der Waals surface area contributed by atoms with Gasteiger partial charge in [-0.2, -0.15) is 5.26 Å². The Kier molecular flexibility index (Phi) is 3.28. The highest BCUT2D eigenvalue weighted by Gasteiger charge is 2.16. The van der Waals surface area contributed by atoms with Crippen LogP contribution in [0.4, 0.5) is 14.5 Å². The molecule has 3 nitrogen and oxygen atoms in total. The first-order chi connectivity index (χ1) is 8.61. The predicted molar refractivity (Wildman–Crippen MR) is 61.9 cm³/mol. The zero-order valence-corrected chi connectivity index (χ0v) is 9.65. The van der Waals surface area contributed by atoms with E-state index in [1.807, 2.05) is 0 Å². The molecule has 0 radical (unpaired) electrons. The zero-order valence-electron chi connectivity index (χ0n) is 9.65. The summed E-state index contributed by atoms with van der Waals surface area (Å²) in [5.74, 6) is -0.929. The molecule has 1 aromatic carbocycles. The Balaban J connectivity index is 2.31. The lowest BCUT2D eigenvalue weighted by atomic mass is 10.2. The number of anilines is 1. The first kappa shape index (κ1) is 12.1. The third-order valence-electron chi connectivity index (χ3n) is 2.50. The van der Waals surface area contributed by atoms with Gasteiger partial charge >= 0.3 is 0 Å². The SMILES string of the molecule is CN(Cc1ccco1)c1c(F)cc(C#N)cc1F. The Morgan fingerprint density at radius 2 is 2.00 bits per heavy atom. The second-order valence-electron chi connectivity index (χ2n) is 3.84. The number of nitriles is 1. The van der Waals surface area contributed by atoms with Gasteiger partial charge in [0.15, 0.2) is 11.6 Å². The minimum Gasteiger partial charge on any atom is -0.467 e. The molecule has 2 rings (SSSR count). The normalized spacial score (nSPS) is 10.1. The molecule has 92 valence electrons. The van der Waals surface area contributed by atoms with Crippen LogP contribution in [0, 0.1) is 23.0 Å². The molecule has 5 heteroatoms. The van der Waals surface area contributed by atoms with Gasteiger partial charge in [0.1, 0.15) is 11.4 Å². The third kappa shape index (κ3) is 2.33. The molecule has 0 aliphatic carbocycles. The maximum absolute atomic E-state index is 13.7. The molecular weight excluding hydrogens is 238 g/mol. The van der Waals surface area contributed by atoms with E-state index < -0.39 is 11.6 Å². The molecule has 0 saturated heterocycles. The van der Waals surface area contributed by atoms with Gasteiger partial charge in [-0.05, 0) is 24.3 Å². The van der Waals surface area contributed by atoms with Crippen molar-refractivity contribution in [2.45, 2.75) is 6.54 Å². The fourth-order valence-electron chi connectivity index (χ4n) is 1.71. The highest BCUT2D eigenvalue weighted by atomic mass is 19.1. The molecular formula is C13H10F2N2O. The quantitative estimate of drug-likeness (QED) is 0.838. The summed E-state index contributed by atoms with van der Waals surface area (Å²) < 4.78 is 32.5. The Labute approximate surface area is 103 Å². The van der Waals surface area contributed by atoms with Crippen LogP contribution >= 0.6 is 0 Å². The average molecular weight is 248 g/mol. The topological polar surface area (TPSA) is 40.2 Å². The Morgan fingerprint density at radius 3 is 2.50 bits per heavy atom. The van der Waals surface area contributed by atoms with E-state index in [1.54, 1.807) is 25.2 Å². The van der Waals surface area contributed by atoms with Gasteiger partial charge < -0.3 is 9.32 Å². The van der Waals surface area contributed by atoms with Crippen LogP contribution in [-0.4, -0.2) is 7.05 Å². The Hall–Kier alpha value is -2.35. The number of hydrogen-bond acceptors (Lipinski definition) is 3. The molecule has 0 saturated carbocycles. The van der Waals surface area contributed by atoms with Crippen molar-refractivity contribution in [3.63, 3.8) is 0 Å². The third-order valence-corrected chi connectivity index (χ3v) is 2.50. The van der Waals surface area contributed by atoms with Crippen molar-refractivity contribution >= 4 is 5.69 Å². The van der Waals surface area contributed by atoms with E-state index in [0.29, 0.717) is 5.76 Å². The largest absolute Gasteiger partial charge is 0.467 e. The van der Waals surface area contributed by atoms with Crippen molar-refractivity contribution in [3.8, 4) is 6.07 Å². The van der Waals surface area contributed by atoms with Gasteiger partial charge in [0.2, 0.25) is 0 Å². The van der Waals surface area contributed by atoms with E-state index in [2.05, 4.69) is 0 Å². The Bertz CT molecular complexity index is 565. The molecule has 1 heterocycles. The van der Waals surface area contributed by atoms with Crippen molar-refractivity contribution in [3.05, 3.63) is 53.5 Å². The maximum atomic E-state index is 13.7. The lowest BCUT2D eigenvalue weighted by Gasteiger charge is -2.19. The van der Waals surface area contributed by atoms with Crippen molar-refractivity contribution in [2.75, 3.05) is 11.9 Å². The van der Waals surface area contributed by atoms with E-state index in [9.17, 15) is 8.78 Å². The molecule has 2 aromatic rings. The molecule has 0 bridgehead atoms. The van der Waals surface area contributed by atoms with E-state index in [1.165, 1.54) is 11.2 Å². The second-order valence-corrected chi connectivity index (χ2v) is 3.84. The lowest BCUT2D eigenvalue weighted by molar-refractivity contribution is 0.502. The van der Waals surface area contributed by atoms with Crippen LogP contribution in [0.2, 0.25) is 0 Å². The van der Waals surface area contributed by atoms with Crippen LogP contribution < -0.4 is 4.90 Å². The van der Waals surface area contributed by atoms with Gasteiger partial charge in [0, 0.05) is 7.05 Å². The van der Waals surface area contributed by atoms with E-state index in [0.717, 1.165) is 12.1 Å². The maximum Gasteiger partial charge on any atom is 0.150 e. The molecule has 1 aromatic heterocycles. The molecule has 0 atom stereocenters. The number of furan rings is 1. The predicted octanol–water partition coefficient (Wildman–Crippen LogP) is 3.07. The minimum absolute atomic E-state index is 0.0415. The van der Waals surface area contributed by atoms with Gasteiger partial charge in [0.05, 0.1) is 24.4 Å². The number of nitrogens with zero attached hydrogens (tertiary/aromatic N) is 2. The fourth-order valence-corrected chi connectivity index (χ4v) is 1.71. The van der Waals surface area contributed by atoms with Gasteiger partial charge in [0.25, 0.3) is 0 Å². The van der Waals surface area contributed by atoms with Crippen molar-refractivity contribution in [2.24, 2.45) is 0 Å². The minimum atomic E-state index is -0.763. The zero-order chi connectivity index (χ0) is 13.1. The number of halogens is 2. The van der Waals surface area contributed by atoms with Crippen molar-refractivity contribution in [1.29, 1.82) is 5.26 Å². The lowest BCUT2D eigenvalue weighted by Crippen LogP contribution is -2.19. The van der Waals surface area contributed by atoms with Crippen LogP contribution in [-0.2, 0) is 6.54 Å². The monoisotopic (exact) mass is 248 g/mol. The molecule has 18 heavy (non-hydrogen) atoms. The highest BCUT2D eigenvalue weighted by Crippen LogP contribution is 2.25. The number of benzene rings is 1. The summed E-state index contributed by atoms with van der Waals surface area (Å²) in [6.07, 6.45) is 1.49. The molecule has 0 aliphatic rings. The van der Waals surface area contributed by atoms with Crippen LogP contribution in [0.5, 0.6) is 0 Å². The number of hydrogen-bond donors (Lipinski definition) is 0. The van der Waals surface area contributed by atoms with Gasteiger partial charge in [-0.25, -0.2) is 8.78 Å². The first-order valence-corrected chi connectivity index (χ1v) is 5.24. The van der Waals surface area contributed by atoms with E-state index in [4.69, 9.17) is 9.68 Å². The number of rotatable bonds is 3.